The summed E-state index contributed by atoms with van der Waals surface area (Å²) in [6, 6.07) is 11.4. The number of nitrogens with zero attached hydrogens (tertiary/aromatic N) is 4. The Morgan fingerprint density at radius 1 is 1.15 bits per heavy atom. The van der Waals surface area contributed by atoms with Crippen molar-refractivity contribution in [3.05, 3.63) is 65.1 Å². The van der Waals surface area contributed by atoms with Gasteiger partial charge in [0.2, 0.25) is 17.0 Å². The molecule has 2 N–H and O–H groups in total. The SMILES string of the molecule is C[C@@H]1CNc2c(sc3ccc4nc(Oc5nc(Cl)ncc5-c5cccnc5)ccc4c23)C(=O)N1. The molecule has 0 aliphatic carbocycles. The fraction of sp³-hybridized carbons (Fsp3) is 0.125. The van der Waals surface area contributed by atoms with E-state index in [0.717, 1.165) is 32.2 Å². The van der Waals surface area contributed by atoms with Crippen molar-refractivity contribution in [2.45, 2.75) is 13.0 Å². The molecule has 1 atom stereocenters. The average molecular weight is 489 g/mol. The molecule has 34 heavy (non-hydrogen) atoms. The predicted molar refractivity (Wildman–Crippen MR) is 133 cm³/mol. The molecule has 5 aromatic rings. The molecule has 10 heteroatoms. The van der Waals surface area contributed by atoms with Crippen molar-refractivity contribution in [2.75, 3.05) is 11.9 Å². The Balaban J connectivity index is 1.43. The molecule has 1 amide bonds. The van der Waals surface area contributed by atoms with Gasteiger partial charge in [0.15, 0.2) is 0 Å². The van der Waals surface area contributed by atoms with Crippen LogP contribution >= 0.6 is 22.9 Å². The number of ether oxygens (including phenoxy) is 1. The van der Waals surface area contributed by atoms with Crippen LogP contribution in [0.15, 0.2) is 55.0 Å². The van der Waals surface area contributed by atoms with Crippen molar-refractivity contribution in [1.29, 1.82) is 0 Å². The van der Waals surface area contributed by atoms with E-state index in [9.17, 15) is 4.79 Å². The summed E-state index contributed by atoms with van der Waals surface area (Å²) in [4.78, 5) is 30.5. The first kappa shape index (κ1) is 20.8. The zero-order chi connectivity index (χ0) is 23.2. The summed E-state index contributed by atoms with van der Waals surface area (Å²) in [6.45, 7) is 2.63. The first-order valence-electron chi connectivity index (χ1n) is 10.6. The number of rotatable bonds is 3. The smallest absolute Gasteiger partial charge is 0.263 e. The van der Waals surface area contributed by atoms with Crippen LogP contribution in [-0.2, 0) is 0 Å². The Kier molecular flexibility index (Phi) is 5.00. The molecule has 1 aromatic carbocycles. The monoisotopic (exact) mass is 488 g/mol. The van der Waals surface area contributed by atoms with Crippen molar-refractivity contribution >= 4 is 55.5 Å². The molecule has 1 aliphatic heterocycles. The number of fused-ring (bicyclic) bond motifs is 5. The number of nitrogens with one attached hydrogen (secondary N) is 2. The Labute approximate surface area is 203 Å². The minimum Gasteiger partial charge on any atom is -0.420 e. The molecule has 8 nitrogen and oxygen atoms in total. The van der Waals surface area contributed by atoms with Crippen LogP contribution in [0.25, 0.3) is 32.1 Å². The van der Waals surface area contributed by atoms with Crippen LogP contribution in [0.1, 0.15) is 16.6 Å². The third kappa shape index (κ3) is 3.59. The lowest BCUT2D eigenvalue weighted by atomic mass is 10.1. The van der Waals surface area contributed by atoms with Crippen LogP contribution in [0.2, 0.25) is 5.28 Å². The molecule has 1 aliphatic rings. The van der Waals surface area contributed by atoms with Crippen LogP contribution in [0.5, 0.6) is 11.8 Å². The second-order valence-electron chi connectivity index (χ2n) is 7.92. The molecule has 0 saturated carbocycles. The second-order valence-corrected chi connectivity index (χ2v) is 9.31. The molecule has 0 fully saturated rings. The van der Waals surface area contributed by atoms with Gasteiger partial charge in [0, 0.05) is 58.3 Å². The van der Waals surface area contributed by atoms with E-state index in [1.54, 1.807) is 24.7 Å². The average Bonchev–Trinajstić information content (AvgIpc) is 3.16. The van der Waals surface area contributed by atoms with Gasteiger partial charge in [-0.15, -0.1) is 11.3 Å². The van der Waals surface area contributed by atoms with Gasteiger partial charge in [-0.25, -0.2) is 9.97 Å². The van der Waals surface area contributed by atoms with Gasteiger partial charge in [-0.05, 0) is 42.8 Å². The molecule has 5 heterocycles. The van der Waals surface area contributed by atoms with Crippen molar-refractivity contribution in [2.24, 2.45) is 0 Å². The number of hydrogen-bond donors (Lipinski definition) is 2. The number of halogens is 1. The molecule has 0 unspecified atom stereocenters. The zero-order valence-corrected chi connectivity index (χ0v) is 19.4. The minimum atomic E-state index is -0.0571. The summed E-state index contributed by atoms with van der Waals surface area (Å²) >= 11 is 7.52. The number of anilines is 1. The summed E-state index contributed by atoms with van der Waals surface area (Å²) in [5.41, 5.74) is 3.05. The number of pyridine rings is 2. The number of carbonyl (C=O) groups excluding carboxylic acids is 1. The maximum atomic E-state index is 12.7. The Morgan fingerprint density at radius 2 is 2.06 bits per heavy atom. The zero-order valence-electron chi connectivity index (χ0n) is 17.9. The summed E-state index contributed by atoms with van der Waals surface area (Å²) < 4.78 is 7.08. The summed E-state index contributed by atoms with van der Waals surface area (Å²) in [6.07, 6.45) is 5.00. The van der Waals surface area contributed by atoms with E-state index in [0.29, 0.717) is 22.9 Å². The van der Waals surface area contributed by atoms with Gasteiger partial charge in [-0.1, -0.05) is 6.07 Å². The lowest BCUT2D eigenvalue weighted by Crippen LogP contribution is -2.34. The van der Waals surface area contributed by atoms with E-state index in [1.165, 1.54) is 11.3 Å². The third-order valence-electron chi connectivity index (χ3n) is 5.56. The first-order valence-corrected chi connectivity index (χ1v) is 11.8. The quantitative estimate of drug-likeness (QED) is 0.332. The van der Waals surface area contributed by atoms with Gasteiger partial charge >= 0.3 is 0 Å². The Morgan fingerprint density at radius 3 is 2.91 bits per heavy atom. The highest BCUT2D eigenvalue weighted by atomic mass is 35.5. The molecule has 0 radical (unpaired) electrons. The van der Waals surface area contributed by atoms with Crippen molar-refractivity contribution in [3.63, 3.8) is 0 Å². The molecule has 0 saturated heterocycles. The van der Waals surface area contributed by atoms with Crippen LogP contribution in [0, 0.1) is 0 Å². The Bertz CT molecular complexity index is 1570. The van der Waals surface area contributed by atoms with Crippen LogP contribution in [-0.4, -0.2) is 38.4 Å². The van der Waals surface area contributed by atoms with Crippen molar-refractivity contribution < 1.29 is 9.53 Å². The highest BCUT2D eigenvalue weighted by Gasteiger charge is 2.25. The summed E-state index contributed by atoms with van der Waals surface area (Å²) in [7, 11) is 0. The highest BCUT2D eigenvalue weighted by Crippen LogP contribution is 2.41. The van der Waals surface area contributed by atoms with Crippen LogP contribution < -0.4 is 15.4 Å². The minimum absolute atomic E-state index is 0.0453. The molecule has 0 bridgehead atoms. The standard InChI is InChI=1S/C24H17ClN6O2S/c1-12-9-27-20-19-14-4-7-18(30-16(14)5-6-17(19)34-21(20)22(32)29-12)33-23-15(11-28-24(25)31-23)13-3-2-8-26-10-13/h2-8,10-12,27H,9H2,1H3,(H,29,32)/t12-/m1/s1. The van der Waals surface area contributed by atoms with Gasteiger partial charge < -0.3 is 15.4 Å². The molecule has 0 spiro atoms. The lowest BCUT2D eigenvalue weighted by molar-refractivity contribution is 0.0949. The van der Waals surface area contributed by atoms with Gasteiger partial charge in [0.1, 0.15) is 4.88 Å². The number of aromatic nitrogens is 4. The first-order chi connectivity index (χ1) is 16.6. The maximum Gasteiger partial charge on any atom is 0.263 e. The van der Waals surface area contributed by atoms with E-state index in [2.05, 4.69) is 25.6 Å². The molecule has 168 valence electrons. The molecular formula is C24H17ClN6O2S. The number of thiophene rings is 1. The molecular weight excluding hydrogens is 472 g/mol. The van der Waals surface area contributed by atoms with E-state index in [1.807, 2.05) is 37.3 Å². The van der Waals surface area contributed by atoms with Gasteiger partial charge in [-0.3, -0.25) is 9.78 Å². The van der Waals surface area contributed by atoms with Crippen molar-refractivity contribution in [1.82, 2.24) is 25.3 Å². The maximum absolute atomic E-state index is 12.7. The molecule has 4 aromatic heterocycles. The second kappa shape index (κ2) is 8.19. The van der Waals surface area contributed by atoms with Crippen LogP contribution in [0.4, 0.5) is 5.69 Å². The predicted octanol–water partition coefficient (Wildman–Crippen LogP) is 5.29. The van der Waals surface area contributed by atoms with E-state index in [-0.39, 0.29) is 23.1 Å². The van der Waals surface area contributed by atoms with Gasteiger partial charge in [0.05, 0.1) is 16.8 Å². The van der Waals surface area contributed by atoms with Gasteiger partial charge in [0.25, 0.3) is 5.91 Å². The lowest BCUT2D eigenvalue weighted by Gasteiger charge is -2.11. The topological polar surface area (TPSA) is 102 Å². The fourth-order valence-corrected chi connectivity index (χ4v) is 5.23. The fourth-order valence-electron chi connectivity index (χ4n) is 4.01. The summed E-state index contributed by atoms with van der Waals surface area (Å²) in [5.74, 6) is 0.600. The number of hydrogen-bond acceptors (Lipinski definition) is 8. The number of benzene rings is 1. The largest absolute Gasteiger partial charge is 0.420 e. The Hall–Kier alpha value is -3.82. The van der Waals surface area contributed by atoms with E-state index in [4.69, 9.17) is 21.3 Å². The third-order valence-corrected chi connectivity index (χ3v) is 6.90. The number of amides is 1. The van der Waals surface area contributed by atoms with E-state index >= 15 is 0 Å². The van der Waals surface area contributed by atoms with Crippen molar-refractivity contribution in [3.8, 4) is 22.9 Å². The normalized spacial score (nSPS) is 15.5. The number of carbonyl (C=O) groups is 1. The highest BCUT2D eigenvalue weighted by molar-refractivity contribution is 7.21. The summed E-state index contributed by atoms with van der Waals surface area (Å²) in [5, 5.41) is 8.45. The van der Waals surface area contributed by atoms with Crippen LogP contribution in [0.3, 0.4) is 0 Å². The van der Waals surface area contributed by atoms with Gasteiger partial charge in [-0.2, -0.15) is 4.98 Å². The van der Waals surface area contributed by atoms with E-state index < -0.39 is 0 Å². The molecule has 6 rings (SSSR count).